The fourth-order valence-electron chi connectivity index (χ4n) is 2.02. The van der Waals surface area contributed by atoms with Gasteiger partial charge in [0.05, 0.1) is 4.90 Å². The van der Waals surface area contributed by atoms with E-state index in [-0.39, 0.29) is 5.41 Å². The molecule has 20 heavy (non-hydrogen) atoms. The molecule has 0 aromatic heterocycles. The maximum atomic E-state index is 12.4. The van der Waals surface area contributed by atoms with Crippen molar-refractivity contribution in [1.82, 2.24) is 4.72 Å². The van der Waals surface area contributed by atoms with Crippen LogP contribution in [-0.2, 0) is 16.6 Å². The minimum absolute atomic E-state index is 0.104. The molecule has 114 valence electrons. The van der Waals surface area contributed by atoms with Crippen LogP contribution in [0.3, 0.4) is 0 Å². The summed E-state index contributed by atoms with van der Waals surface area (Å²) >= 11 is 0. The molecule has 0 saturated heterocycles. The van der Waals surface area contributed by atoms with Crippen molar-refractivity contribution in [3.8, 4) is 0 Å². The Morgan fingerprint density at radius 2 is 1.75 bits per heavy atom. The highest BCUT2D eigenvalue weighted by atomic mass is 32.2. The maximum Gasteiger partial charge on any atom is 0.240 e. The number of nitrogens with one attached hydrogen (secondary N) is 1. The standard InChI is InChI=1S/C15H26N2O2S/c1-11-8-12(2)14(9-13(11)10-16)20(18,19)17-7-6-15(3,4)5/h8-9,17H,6-7,10,16H2,1-5H3. The summed E-state index contributed by atoms with van der Waals surface area (Å²) < 4.78 is 27.4. The van der Waals surface area contributed by atoms with Crippen LogP contribution in [-0.4, -0.2) is 15.0 Å². The van der Waals surface area contributed by atoms with Crippen molar-refractivity contribution < 1.29 is 8.42 Å². The van der Waals surface area contributed by atoms with Crippen molar-refractivity contribution in [3.05, 3.63) is 28.8 Å². The summed E-state index contributed by atoms with van der Waals surface area (Å²) in [6, 6.07) is 3.56. The van der Waals surface area contributed by atoms with E-state index in [1.54, 1.807) is 6.07 Å². The molecule has 0 atom stereocenters. The number of rotatable bonds is 5. The fourth-order valence-corrected chi connectivity index (χ4v) is 3.33. The Kier molecular flexibility index (Phi) is 5.35. The van der Waals surface area contributed by atoms with Gasteiger partial charge in [0.2, 0.25) is 10.0 Å². The van der Waals surface area contributed by atoms with Crippen LogP contribution in [0, 0.1) is 19.3 Å². The second-order valence-corrected chi connectivity index (χ2v) is 8.19. The molecular formula is C15H26N2O2S. The predicted molar refractivity (Wildman–Crippen MR) is 83.1 cm³/mol. The summed E-state index contributed by atoms with van der Waals surface area (Å²) in [7, 11) is -3.47. The third-order valence-electron chi connectivity index (χ3n) is 3.31. The SMILES string of the molecule is Cc1cc(C)c(S(=O)(=O)NCCC(C)(C)C)cc1CN. The van der Waals surface area contributed by atoms with Crippen molar-refractivity contribution >= 4 is 10.0 Å². The largest absolute Gasteiger partial charge is 0.326 e. The topological polar surface area (TPSA) is 72.2 Å². The van der Waals surface area contributed by atoms with Gasteiger partial charge in [-0.3, -0.25) is 0 Å². The first-order valence-corrected chi connectivity index (χ1v) is 8.35. The van der Waals surface area contributed by atoms with E-state index in [1.807, 2.05) is 19.9 Å². The molecule has 0 aliphatic heterocycles. The third-order valence-corrected chi connectivity index (χ3v) is 4.91. The molecule has 0 heterocycles. The van der Waals surface area contributed by atoms with E-state index in [0.29, 0.717) is 18.0 Å². The van der Waals surface area contributed by atoms with E-state index < -0.39 is 10.0 Å². The molecule has 0 radical (unpaired) electrons. The summed E-state index contributed by atoms with van der Waals surface area (Å²) in [6.45, 7) is 10.8. The summed E-state index contributed by atoms with van der Waals surface area (Å²) in [5.74, 6) is 0. The number of nitrogens with two attached hydrogens (primary N) is 1. The van der Waals surface area contributed by atoms with Crippen molar-refractivity contribution in [2.75, 3.05) is 6.54 Å². The van der Waals surface area contributed by atoms with Crippen LogP contribution >= 0.6 is 0 Å². The maximum absolute atomic E-state index is 12.4. The molecular weight excluding hydrogens is 272 g/mol. The van der Waals surface area contributed by atoms with Crippen LogP contribution in [0.1, 0.15) is 43.9 Å². The van der Waals surface area contributed by atoms with Gasteiger partial charge in [0, 0.05) is 13.1 Å². The summed E-state index contributed by atoms with van der Waals surface area (Å²) in [5, 5.41) is 0. The van der Waals surface area contributed by atoms with Crippen LogP contribution in [0.4, 0.5) is 0 Å². The van der Waals surface area contributed by atoms with Gasteiger partial charge in [-0.15, -0.1) is 0 Å². The molecule has 0 aliphatic carbocycles. The minimum Gasteiger partial charge on any atom is -0.326 e. The van der Waals surface area contributed by atoms with Crippen LogP contribution in [0.25, 0.3) is 0 Å². The average molecular weight is 298 g/mol. The lowest BCUT2D eigenvalue weighted by Crippen LogP contribution is -2.28. The second-order valence-electron chi connectivity index (χ2n) is 6.46. The first-order valence-electron chi connectivity index (χ1n) is 6.87. The van der Waals surface area contributed by atoms with Gasteiger partial charge >= 0.3 is 0 Å². The minimum atomic E-state index is -3.47. The first-order chi connectivity index (χ1) is 9.07. The molecule has 0 spiro atoms. The van der Waals surface area contributed by atoms with Crippen molar-refractivity contribution in [3.63, 3.8) is 0 Å². The van der Waals surface area contributed by atoms with Gasteiger partial charge in [0.25, 0.3) is 0 Å². The molecule has 0 aliphatic rings. The first kappa shape index (κ1) is 17.1. The normalized spacial score (nSPS) is 12.7. The molecule has 1 aromatic rings. The monoisotopic (exact) mass is 298 g/mol. The molecule has 4 nitrogen and oxygen atoms in total. The predicted octanol–water partition coefficient (Wildman–Crippen LogP) is 2.48. The highest BCUT2D eigenvalue weighted by Crippen LogP contribution is 2.21. The van der Waals surface area contributed by atoms with Gasteiger partial charge in [-0.05, 0) is 48.4 Å². The smallest absolute Gasteiger partial charge is 0.240 e. The lowest BCUT2D eigenvalue weighted by molar-refractivity contribution is 0.378. The Bertz CT molecular complexity index is 572. The Balaban J connectivity index is 2.98. The lowest BCUT2D eigenvalue weighted by atomic mass is 9.93. The second kappa shape index (κ2) is 6.24. The molecule has 0 amide bonds. The van der Waals surface area contributed by atoms with Crippen LogP contribution < -0.4 is 10.5 Å². The van der Waals surface area contributed by atoms with Crippen molar-refractivity contribution in [2.45, 2.75) is 52.5 Å². The summed E-state index contributed by atoms with van der Waals surface area (Å²) in [6.07, 6.45) is 0.793. The molecule has 0 unspecified atom stereocenters. The highest BCUT2D eigenvalue weighted by Gasteiger charge is 2.19. The molecule has 1 aromatic carbocycles. The Morgan fingerprint density at radius 1 is 1.15 bits per heavy atom. The number of sulfonamides is 1. The van der Waals surface area contributed by atoms with E-state index >= 15 is 0 Å². The van der Waals surface area contributed by atoms with Gasteiger partial charge in [-0.2, -0.15) is 0 Å². The molecule has 0 bridgehead atoms. The van der Waals surface area contributed by atoms with Crippen LogP contribution in [0.15, 0.2) is 17.0 Å². The number of hydrogen-bond donors (Lipinski definition) is 2. The quantitative estimate of drug-likeness (QED) is 0.877. The molecule has 0 fully saturated rings. The summed E-state index contributed by atoms with van der Waals surface area (Å²) in [4.78, 5) is 0.331. The zero-order chi connectivity index (χ0) is 15.6. The van der Waals surface area contributed by atoms with Crippen molar-refractivity contribution in [2.24, 2.45) is 11.1 Å². The van der Waals surface area contributed by atoms with Gasteiger partial charge in [-0.1, -0.05) is 26.8 Å². The van der Waals surface area contributed by atoms with Gasteiger partial charge in [-0.25, -0.2) is 13.1 Å². The van der Waals surface area contributed by atoms with E-state index in [0.717, 1.165) is 23.1 Å². The molecule has 3 N–H and O–H groups in total. The highest BCUT2D eigenvalue weighted by molar-refractivity contribution is 7.89. The third kappa shape index (κ3) is 4.58. The van der Waals surface area contributed by atoms with E-state index in [1.165, 1.54) is 0 Å². The zero-order valence-electron chi connectivity index (χ0n) is 13.1. The van der Waals surface area contributed by atoms with E-state index in [2.05, 4.69) is 25.5 Å². The lowest BCUT2D eigenvalue weighted by Gasteiger charge is -2.19. The van der Waals surface area contributed by atoms with Gasteiger partial charge < -0.3 is 5.73 Å². The Labute approximate surface area is 122 Å². The summed E-state index contributed by atoms with van der Waals surface area (Å²) in [5.41, 5.74) is 8.41. The Hall–Kier alpha value is -0.910. The number of benzene rings is 1. The fraction of sp³-hybridized carbons (Fsp3) is 0.600. The molecule has 1 rings (SSSR count). The number of aryl methyl sites for hydroxylation is 2. The molecule has 5 heteroatoms. The van der Waals surface area contributed by atoms with E-state index in [9.17, 15) is 8.42 Å². The van der Waals surface area contributed by atoms with Crippen LogP contribution in [0.5, 0.6) is 0 Å². The molecule has 0 saturated carbocycles. The average Bonchev–Trinajstić information content (AvgIpc) is 2.26. The van der Waals surface area contributed by atoms with Crippen molar-refractivity contribution in [1.29, 1.82) is 0 Å². The zero-order valence-corrected chi connectivity index (χ0v) is 13.9. The number of hydrogen-bond acceptors (Lipinski definition) is 3. The Morgan fingerprint density at radius 3 is 2.25 bits per heavy atom. The van der Waals surface area contributed by atoms with E-state index in [4.69, 9.17) is 5.73 Å². The van der Waals surface area contributed by atoms with Gasteiger partial charge in [0.1, 0.15) is 0 Å². The van der Waals surface area contributed by atoms with Crippen LogP contribution in [0.2, 0.25) is 0 Å². The van der Waals surface area contributed by atoms with Gasteiger partial charge in [0.15, 0.2) is 0 Å².